The Balaban J connectivity index is 1.45. The Kier molecular flexibility index (Phi) is 5.22. The van der Waals surface area contributed by atoms with Gasteiger partial charge in [-0.05, 0) is 43.1 Å². The van der Waals surface area contributed by atoms with Crippen LogP contribution in [0.15, 0.2) is 18.2 Å². The molecule has 0 saturated heterocycles. The van der Waals surface area contributed by atoms with Crippen LogP contribution in [0.2, 0.25) is 5.02 Å². The minimum Gasteiger partial charge on any atom is -0.456 e. The number of carbonyl (C=O) groups is 2. The van der Waals surface area contributed by atoms with E-state index in [4.69, 9.17) is 16.3 Å². The van der Waals surface area contributed by atoms with Gasteiger partial charge in [0.2, 0.25) is 0 Å². The van der Waals surface area contributed by atoms with Gasteiger partial charge in [-0.15, -0.1) is 0 Å². The molecule has 0 heterocycles. The van der Waals surface area contributed by atoms with Crippen molar-refractivity contribution in [2.45, 2.75) is 32.1 Å². The summed E-state index contributed by atoms with van der Waals surface area (Å²) in [5, 5.41) is 13.2. The van der Waals surface area contributed by atoms with E-state index in [1.165, 1.54) is 31.4 Å². The van der Waals surface area contributed by atoms with Gasteiger partial charge < -0.3 is 10.1 Å². The van der Waals surface area contributed by atoms with Crippen LogP contribution in [0.5, 0.6) is 0 Å². The van der Waals surface area contributed by atoms with E-state index >= 15 is 0 Å². The smallest absolute Gasteiger partial charge is 0.306 e. The van der Waals surface area contributed by atoms with Crippen molar-refractivity contribution in [2.75, 3.05) is 11.9 Å². The van der Waals surface area contributed by atoms with Crippen LogP contribution in [0.3, 0.4) is 0 Å². The fourth-order valence-corrected chi connectivity index (χ4v) is 4.17. The number of amides is 1. The number of ether oxygens (including phenoxy) is 1. The van der Waals surface area contributed by atoms with Crippen LogP contribution in [0.1, 0.15) is 32.1 Å². The lowest BCUT2D eigenvalue weighted by Gasteiger charge is -2.20. The van der Waals surface area contributed by atoms with Gasteiger partial charge in [0.05, 0.1) is 15.6 Å². The highest BCUT2D eigenvalue weighted by Gasteiger charge is 2.40. The number of nitro groups is 1. The fourth-order valence-electron chi connectivity index (χ4n) is 3.95. The molecule has 8 heteroatoms. The van der Waals surface area contributed by atoms with Crippen LogP contribution >= 0.6 is 11.6 Å². The highest BCUT2D eigenvalue weighted by molar-refractivity contribution is 6.34. The summed E-state index contributed by atoms with van der Waals surface area (Å²) in [5.74, 6) is 0.888. The second-order valence-corrected chi connectivity index (χ2v) is 7.18. The number of carbonyl (C=O) groups excluding carboxylic acids is 2. The number of halogens is 1. The first-order valence-electron chi connectivity index (χ1n) is 8.31. The molecule has 1 amide bonds. The summed E-state index contributed by atoms with van der Waals surface area (Å²) in [7, 11) is 0. The lowest BCUT2D eigenvalue weighted by Crippen LogP contribution is -2.23. The minimum absolute atomic E-state index is 0.0517. The molecule has 0 radical (unpaired) electrons. The van der Waals surface area contributed by atoms with Crippen LogP contribution in [0, 0.1) is 27.9 Å². The molecule has 3 atom stereocenters. The average Bonchev–Trinajstić information content (AvgIpc) is 3.17. The summed E-state index contributed by atoms with van der Waals surface area (Å²) >= 11 is 5.90. The maximum absolute atomic E-state index is 11.9. The van der Waals surface area contributed by atoms with Crippen molar-refractivity contribution >= 4 is 34.9 Å². The third-order valence-corrected chi connectivity index (χ3v) is 5.43. The van der Waals surface area contributed by atoms with Gasteiger partial charge in [-0.2, -0.15) is 0 Å². The first kappa shape index (κ1) is 17.7. The second kappa shape index (κ2) is 7.39. The van der Waals surface area contributed by atoms with Crippen LogP contribution in [-0.2, 0) is 14.3 Å². The van der Waals surface area contributed by atoms with E-state index < -0.39 is 17.4 Å². The number of non-ortho nitro benzene ring substituents is 1. The predicted molar refractivity (Wildman–Crippen MR) is 91.3 cm³/mol. The molecule has 0 unspecified atom stereocenters. The van der Waals surface area contributed by atoms with Gasteiger partial charge in [-0.1, -0.05) is 18.0 Å². The molecule has 2 bridgehead atoms. The van der Waals surface area contributed by atoms with Gasteiger partial charge in [0.25, 0.3) is 11.6 Å². The minimum atomic E-state index is -0.574. The van der Waals surface area contributed by atoms with Crippen molar-refractivity contribution in [3.63, 3.8) is 0 Å². The molecule has 2 aliphatic rings. The Labute approximate surface area is 149 Å². The highest BCUT2D eigenvalue weighted by atomic mass is 35.5. The zero-order valence-electron chi connectivity index (χ0n) is 13.6. The summed E-state index contributed by atoms with van der Waals surface area (Å²) < 4.78 is 5.05. The molecular weight excluding hydrogens is 348 g/mol. The number of nitro benzene ring substituents is 1. The number of esters is 1. The van der Waals surface area contributed by atoms with E-state index in [2.05, 4.69) is 5.32 Å². The van der Waals surface area contributed by atoms with Gasteiger partial charge in [0.15, 0.2) is 6.61 Å². The molecule has 2 fully saturated rings. The first-order chi connectivity index (χ1) is 11.9. The van der Waals surface area contributed by atoms with E-state index in [-0.39, 0.29) is 22.4 Å². The standard InChI is InChI=1S/C17H19ClN2O5/c18-14-8-13(20(23)24)3-4-15(14)19-16(21)9-25-17(22)7-12-6-10-1-2-11(12)5-10/h3-4,8,10-12H,1-2,5-7,9H2,(H,19,21)/t10-,11+,12-/m0/s1. The van der Waals surface area contributed by atoms with E-state index in [1.807, 2.05) is 0 Å². The fraction of sp³-hybridized carbons (Fsp3) is 0.529. The van der Waals surface area contributed by atoms with Gasteiger partial charge in [0, 0.05) is 18.6 Å². The average molecular weight is 367 g/mol. The normalized spacial score (nSPS) is 24.1. The largest absolute Gasteiger partial charge is 0.456 e. The second-order valence-electron chi connectivity index (χ2n) is 6.77. The van der Waals surface area contributed by atoms with Gasteiger partial charge >= 0.3 is 5.97 Å². The maximum atomic E-state index is 11.9. The molecule has 1 N–H and O–H groups in total. The van der Waals surface area contributed by atoms with Gasteiger partial charge in [0.1, 0.15) is 0 Å². The molecule has 2 saturated carbocycles. The number of nitrogens with zero attached hydrogens (tertiary/aromatic N) is 1. The van der Waals surface area contributed by atoms with E-state index in [0.29, 0.717) is 18.3 Å². The Morgan fingerprint density at radius 2 is 2.12 bits per heavy atom. The van der Waals surface area contributed by atoms with Crippen LogP contribution in [0.4, 0.5) is 11.4 Å². The van der Waals surface area contributed by atoms with Crippen LogP contribution in [-0.4, -0.2) is 23.4 Å². The van der Waals surface area contributed by atoms with Crippen LogP contribution in [0.25, 0.3) is 0 Å². The third-order valence-electron chi connectivity index (χ3n) is 5.12. The Morgan fingerprint density at radius 1 is 1.32 bits per heavy atom. The first-order valence-corrected chi connectivity index (χ1v) is 8.69. The van der Waals surface area contributed by atoms with E-state index in [9.17, 15) is 19.7 Å². The molecule has 0 aromatic heterocycles. The molecule has 134 valence electrons. The molecule has 7 nitrogen and oxygen atoms in total. The van der Waals surface area contributed by atoms with Crippen molar-refractivity contribution in [1.29, 1.82) is 0 Å². The Hall–Kier alpha value is -2.15. The monoisotopic (exact) mass is 366 g/mol. The van der Waals surface area contributed by atoms with Gasteiger partial charge in [-0.3, -0.25) is 19.7 Å². The third kappa shape index (κ3) is 4.28. The highest BCUT2D eigenvalue weighted by Crippen LogP contribution is 2.49. The molecular formula is C17H19ClN2O5. The number of rotatable bonds is 6. The number of fused-ring (bicyclic) bond motifs is 2. The van der Waals surface area contributed by atoms with Crippen molar-refractivity contribution in [1.82, 2.24) is 0 Å². The lowest BCUT2D eigenvalue weighted by molar-refractivity contribution is -0.384. The number of hydrogen-bond acceptors (Lipinski definition) is 5. The zero-order chi connectivity index (χ0) is 18.0. The van der Waals surface area contributed by atoms with Crippen molar-refractivity contribution in [3.05, 3.63) is 33.3 Å². The van der Waals surface area contributed by atoms with Crippen molar-refractivity contribution in [2.24, 2.45) is 17.8 Å². The summed E-state index contributed by atoms with van der Waals surface area (Å²) in [5.41, 5.74) is 0.0710. The molecule has 0 spiro atoms. The number of hydrogen-bond donors (Lipinski definition) is 1. The number of anilines is 1. The summed E-state index contributed by atoms with van der Waals surface area (Å²) in [6.45, 7) is -0.396. The van der Waals surface area contributed by atoms with E-state index in [0.717, 1.165) is 18.4 Å². The summed E-state index contributed by atoms with van der Waals surface area (Å²) in [6, 6.07) is 3.73. The summed E-state index contributed by atoms with van der Waals surface area (Å²) in [6.07, 6.45) is 5.14. The SMILES string of the molecule is O=C(COC(=O)C[C@@H]1C[C@H]2CC[C@@H]1C2)Nc1ccc([N+](=O)[O-])cc1Cl. The number of nitrogens with one attached hydrogen (secondary N) is 1. The zero-order valence-corrected chi connectivity index (χ0v) is 14.3. The summed E-state index contributed by atoms with van der Waals surface area (Å²) in [4.78, 5) is 33.9. The molecule has 2 aliphatic carbocycles. The molecule has 1 aromatic carbocycles. The van der Waals surface area contributed by atoms with Crippen molar-refractivity contribution < 1.29 is 19.2 Å². The Morgan fingerprint density at radius 3 is 2.72 bits per heavy atom. The van der Waals surface area contributed by atoms with Gasteiger partial charge in [-0.25, -0.2) is 0 Å². The molecule has 1 aromatic rings. The quantitative estimate of drug-likeness (QED) is 0.471. The molecule has 3 rings (SSSR count). The topological polar surface area (TPSA) is 98.5 Å². The predicted octanol–water partition coefficient (Wildman–Crippen LogP) is 3.56. The van der Waals surface area contributed by atoms with E-state index in [1.54, 1.807) is 0 Å². The number of benzene rings is 1. The van der Waals surface area contributed by atoms with Crippen molar-refractivity contribution in [3.8, 4) is 0 Å². The molecule has 0 aliphatic heterocycles. The lowest BCUT2D eigenvalue weighted by atomic mass is 9.86. The maximum Gasteiger partial charge on any atom is 0.306 e. The van der Waals surface area contributed by atoms with Crippen LogP contribution < -0.4 is 5.32 Å². The molecule has 25 heavy (non-hydrogen) atoms. The Bertz CT molecular complexity index is 708.